The summed E-state index contributed by atoms with van der Waals surface area (Å²) in [7, 11) is 0. The first-order valence-corrected chi connectivity index (χ1v) is 4.72. The van der Waals surface area contributed by atoms with Crippen LogP contribution < -0.4 is 10.1 Å². The summed E-state index contributed by atoms with van der Waals surface area (Å²) in [4.78, 5) is 21.6. The fourth-order valence-corrected chi connectivity index (χ4v) is 1.08. The van der Waals surface area contributed by atoms with Gasteiger partial charge < -0.3 is 15.2 Å². The Morgan fingerprint density at radius 3 is 2.65 bits per heavy atom. The van der Waals surface area contributed by atoms with Crippen LogP contribution in [0.2, 0.25) is 0 Å². The number of aliphatic carboxylic acids is 1. The number of nitrogens with one attached hydrogen (secondary N) is 1. The second kappa shape index (κ2) is 6.12. The normalized spacial score (nSPS) is 9.88. The monoisotopic (exact) mass is 233 g/mol. The minimum Gasteiger partial charge on any atom is -0.478 e. The van der Waals surface area contributed by atoms with Gasteiger partial charge in [0.2, 0.25) is 5.91 Å². The van der Waals surface area contributed by atoms with Gasteiger partial charge in [-0.2, -0.15) is 0 Å². The van der Waals surface area contributed by atoms with E-state index in [1.807, 2.05) is 0 Å². The van der Waals surface area contributed by atoms with E-state index in [1.54, 1.807) is 24.3 Å². The van der Waals surface area contributed by atoms with Crippen LogP contribution in [0, 0.1) is 0 Å². The Hall–Kier alpha value is -2.56. The largest absolute Gasteiger partial charge is 0.478 e. The molecule has 5 nitrogen and oxygen atoms in total. The number of ether oxygens (including phenoxy) is 1. The molecule has 0 heterocycles. The molecule has 0 fully saturated rings. The second-order valence-corrected chi connectivity index (χ2v) is 2.94. The molecule has 5 heteroatoms. The standard InChI is InChI=1S/C12H11NO4/c1-2-17-10-6-4-3-5-9(10)13-11(14)7-8-12(15)16/h2-8H,1H2,(H,13,14)(H,15,16)/b8-7+. The van der Waals surface area contributed by atoms with Gasteiger partial charge in [-0.05, 0) is 12.1 Å². The molecular formula is C12H11NO4. The van der Waals surface area contributed by atoms with Gasteiger partial charge in [0, 0.05) is 12.2 Å². The van der Waals surface area contributed by atoms with Crippen LogP contribution in [0.5, 0.6) is 5.75 Å². The highest BCUT2D eigenvalue weighted by Crippen LogP contribution is 2.23. The Morgan fingerprint density at radius 2 is 2.00 bits per heavy atom. The molecule has 0 aliphatic rings. The second-order valence-electron chi connectivity index (χ2n) is 2.94. The van der Waals surface area contributed by atoms with E-state index in [4.69, 9.17) is 9.84 Å². The van der Waals surface area contributed by atoms with Gasteiger partial charge in [0.25, 0.3) is 0 Å². The Kier molecular flexibility index (Phi) is 4.50. The first-order chi connectivity index (χ1) is 8.13. The van der Waals surface area contributed by atoms with E-state index in [2.05, 4.69) is 11.9 Å². The van der Waals surface area contributed by atoms with E-state index in [9.17, 15) is 9.59 Å². The third-order valence-electron chi connectivity index (χ3n) is 1.73. The highest BCUT2D eigenvalue weighted by atomic mass is 16.5. The Morgan fingerprint density at radius 1 is 1.29 bits per heavy atom. The number of carboxylic acids is 1. The number of amides is 1. The number of carboxylic acid groups (broad SMARTS) is 1. The molecule has 17 heavy (non-hydrogen) atoms. The number of rotatable bonds is 5. The zero-order valence-electron chi connectivity index (χ0n) is 8.92. The molecule has 1 rings (SSSR count). The maximum Gasteiger partial charge on any atom is 0.328 e. The molecule has 1 amide bonds. The van der Waals surface area contributed by atoms with Gasteiger partial charge in [-0.25, -0.2) is 4.79 Å². The van der Waals surface area contributed by atoms with Crippen molar-refractivity contribution in [2.75, 3.05) is 5.32 Å². The van der Waals surface area contributed by atoms with Crippen molar-refractivity contribution < 1.29 is 19.4 Å². The van der Waals surface area contributed by atoms with Crippen molar-refractivity contribution in [1.82, 2.24) is 0 Å². The van der Waals surface area contributed by atoms with Gasteiger partial charge >= 0.3 is 5.97 Å². The summed E-state index contributed by atoms with van der Waals surface area (Å²) in [6.45, 7) is 3.41. The molecule has 2 N–H and O–H groups in total. The zero-order valence-corrected chi connectivity index (χ0v) is 8.92. The number of hydrogen-bond donors (Lipinski definition) is 2. The van der Waals surface area contributed by atoms with Crippen LogP contribution in [0.3, 0.4) is 0 Å². The molecular weight excluding hydrogens is 222 g/mol. The van der Waals surface area contributed by atoms with Crippen LogP contribution in [0.4, 0.5) is 5.69 Å². The number of anilines is 1. The molecule has 1 aromatic carbocycles. The third kappa shape index (κ3) is 4.21. The van der Waals surface area contributed by atoms with Crippen LogP contribution in [-0.4, -0.2) is 17.0 Å². The highest BCUT2D eigenvalue weighted by Gasteiger charge is 2.04. The lowest BCUT2D eigenvalue weighted by molar-refractivity contribution is -0.131. The predicted octanol–water partition coefficient (Wildman–Crippen LogP) is 1.79. The molecule has 0 unspecified atom stereocenters. The lowest BCUT2D eigenvalue weighted by Crippen LogP contribution is -2.09. The minimum absolute atomic E-state index is 0.430. The lowest BCUT2D eigenvalue weighted by atomic mass is 10.3. The van der Waals surface area contributed by atoms with Gasteiger partial charge in [-0.3, -0.25) is 4.79 Å². The molecule has 0 aliphatic carbocycles. The number of para-hydroxylation sites is 2. The summed E-state index contributed by atoms with van der Waals surface area (Å²) in [6, 6.07) is 6.73. The lowest BCUT2D eigenvalue weighted by Gasteiger charge is -2.07. The summed E-state index contributed by atoms with van der Waals surface area (Å²) in [6.07, 6.45) is 2.91. The number of carbonyl (C=O) groups is 2. The predicted molar refractivity (Wildman–Crippen MR) is 62.7 cm³/mol. The molecule has 0 bridgehead atoms. The van der Waals surface area contributed by atoms with E-state index in [0.717, 1.165) is 12.2 Å². The topological polar surface area (TPSA) is 75.6 Å². The van der Waals surface area contributed by atoms with Crippen molar-refractivity contribution in [2.45, 2.75) is 0 Å². The van der Waals surface area contributed by atoms with Gasteiger partial charge in [0.1, 0.15) is 5.75 Å². The van der Waals surface area contributed by atoms with E-state index in [0.29, 0.717) is 11.4 Å². The molecule has 0 saturated carbocycles. The van der Waals surface area contributed by atoms with Gasteiger partial charge in [-0.15, -0.1) is 0 Å². The van der Waals surface area contributed by atoms with Crippen molar-refractivity contribution in [3.8, 4) is 5.75 Å². The van der Waals surface area contributed by atoms with E-state index >= 15 is 0 Å². The number of hydrogen-bond acceptors (Lipinski definition) is 3. The summed E-state index contributed by atoms with van der Waals surface area (Å²) in [5, 5.41) is 10.9. The highest BCUT2D eigenvalue weighted by molar-refractivity contribution is 6.03. The fourth-order valence-electron chi connectivity index (χ4n) is 1.08. The van der Waals surface area contributed by atoms with Crippen molar-refractivity contribution in [1.29, 1.82) is 0 Å². The molecule has 0 aromatic heterocycles. The summed E-state index contributed by atoms with van der Waals surface area (Å²) in [5.41, 5.74) is 0.437. The molecule has 0 saturated heterocycles. The van der Waals surface area contributed by atoms with Crippen molar-refractivity contribution in [3.63, 3.8) is 0 Å². The Labute approximate surface area is 98.0 Å². The first kappa shape index (κ1) is 12.5. The maximum absolute atomic E-state index is 11.3. The molecule has 88 valence electrons. The maximum atomic E-state index is 11.3. The van der Waals surface area contributed by atoms with Gasteiger partial charge in [0.15, 0.2) is 0 Å². The minimum atomic E-state index is -1.18. The van der Waals surface area contributed by atoms with Crippen LogP contribution in [0.25, 0.3) is 0 Å². The molecule has 0 aliphatic heterocycles. The molecule has 1 aromatic rings. The van der Waals surface area contributed by atoms with Crippen LogP contribution in [-0.2, 0) is 9.59 Å². The molecule has 0 atom stereocenters. The number of benzene rings is 1. The van der Waals surface area contributed by atoms with Crippen molar-refractivity contribution in [2.24, 2.45) is 0 Å². The molecule has 0 spiro atoms. The Bertz CT molecular complexity index is 465. The average molecular weight is 233 g/mol. The smallest absolute Gasteiger partial charge is 0.328 e. The zero-order chi connectivity index (χ0) is 12.7. The van der Waals surface area contributed by atoms with Gasteiger partial charge in [0.05, 0.1) is 11.9 Å². The summed E-state index contributed by atoms with van der Waals surface area (Å²) in [5.74, 6) is -1.30. The van der Waals surface area contributed by atoms with Crippen LogP contribution in [0.1, 0.15) is 0 Å². The van der Waals surface area contributed by atoms with Crippen molar-refractivity contribution in [3.05, 3.63) is 49.3 Å². The Balaban J connectivity index is 2.77. The van der Waals surface area contributed by atoms with Crippen molar-refractivity contribution >= 4 is 17.6 Å². The van der Waals surface area contributed by atoms with E-state index < -0.39 is 11.9 Å². The quantitative estimate of drug-likeness (QED) is 0.600. The third-order valence-corrected chi connectivity index (χ3v) is 1.73. The van der Waals surface area contributed by atoms with Gasteiger partial charge in [-0.1, -0.05) is 18.7 Å². The first-order valence-electron chi connectivity index (χ1n) is 4.72. The molecule has 0 radical (unpaired) electrons. The van der Waals surface area contributed by atoms with E-state index in [1.165, 1.54) is 6.26 Å². The fraction of sp³-hybridized carbons (Fsp3) is 0. The summed E-state index contributed by atoms with van der Waals surface area (Å²) >= 11 is 0. The number of carbonyl (C=O) groups excluding carboxylic acids is 1. The average Bonchev–Trinajstić information content (AvgIpc) is 2.29. The SMILES string of the molecule is C=COc1ccccc1NC(=O)/C=C/C(=O)O. The van der Waals surface area contributed by atoms with Crippen LogP contribution in [0.15, 0.2) is 49.3 Å². The van der Waals surface area contributed by atoms with E-state index in [-0.39, 0.29) is 0 Å². The summed E-state index contributed by atoms with van der Waals surface area (Å²) < 4.78 is 5.07. The van der Waals surface area contributed by atoms with Crippen LogP contribution >= 0.6 is 0 Å².